The molecule has 0 unspecified atom stereocenters. The molecule has 0 saturated carbocycles. The molecule has 0 aliphatic carbocycles. The second-order valence-electron chi connectivity index (χ2n) is 4.65. The van der Waals surface area contributed by atoms with Crippen molar-refractivity contribution in [2.24, 2.45) is 11.7 Å². The zero-order valence-corrected chi connectivity index (χ0v) is 9.39. The smallest absolute Gasteiger partial charge is 0.0237 e. The predicted octanol–water partition coefficient (Wildman–Crippen LogP) is 1.86. The third kappa shape index (κ3) is 2.58. The van der Waals surface area contributed by atoms with E-state index in [9.17, 15) is 0 Å². The molecule has 1 aliphatic rings. The van der Waals surface area contributed by atoms with Crippen LogP contribution in [0, 0.1) is 5.92 Å². The molecular formula is C13H20N2. The minimum atomic E-state index is 0.584. The number of rotatable bonds is 3. The molecule has 15 heavy (non-hydrogen) atoms. The van der Waals surface area contributed by atoms with Crippen LogP contribution >= 0.6 is 0 Å². The van der Waals surface area contributed by atoms with Gasteiger partial charge in [-0.1, -0.05) is 37.3 Å². The van der Waals surface area contributed by atoms with Crippen molar-refractivity contribution >= 4 is 0 Å². The van der Waals surface area contributed by atoms with E-state index in [0.29, 0.717) is 6.04 Å². The average Bonchev–Trinajstić information content (AvgIpc) is 2.60. The van der Waals surface area contributed by atoms with Crippen LogP contribution in [0.4, 0.5) is 0 Å². The lowest BCUT2D eigenvalue weighted by Gasteiger charge is -2.22. The van der Waals surface area contributed by atoms with E-state index in [1.54, 1.807) is 0 Å². The fourth-order valence-electron chi connectivity index (χ4n) is 2.49. The molecule has 2 atom stereocenters. The van der Waals surface area contributed by atoms with Crippen molar-refractivity contribution in [3.8, 4) is 0 Å². The summed E-state index contributed by atoms with van der Waals surface area (Å²) in [5.41, 5.74) is 7.19. The van der Waals surface area contributed by atoms with E-state index in [1.807, 2.05) is 0 Å². The highest BCUT2D eigenvalue weighted by Crippen LogP contribution is 2.23. The van der Waals surface area contributed by atoms with Gasteiger partial charge in [0.2, 0.25) is 0 Å². The molecule has 0 spiro atoms. The number of nitrogens with two attached hydrogens (primary N) is 1. The van der Waals surface area contributed by atoms with E-state index < -0.39 is 0 Å². The standard InChI is InChI=1S/C13H20N2/c1-11-7-13(8-14)15(9-11)10-12-5-3-2-4-6-12/h2-6,11,13H,7-10,14H2,1H3/t11-,13+/m0/s1. The Labute approximate surface area is 92.1 Å². The normalized spacial score (nSPS) is 27.1. The van der Waals surface area contributed by atoms with E-state index in [0.717, 1.165) is 19.0 Å². The first-order chi connectivity index (χ1) is 7.29. The van der Waals surface area contributed by atoms with Crippen molar-refractivity contribution in [2.45, 2.75) is 25.9 Å². The summed E-state index contributed by atoms with van der Waals surface area (Å²) < 4.78 is 0. The summed E-state index contributed by atoms with van der Waals surface area (Å²) in [7, 11) is 0. The third-order valence-electron chi connectivity index (χ3n) is 3.24. The van der Waals surface area contributed by atoms with Crippen molar-refractivity contribution in [2.75, 3.05) is 13.1 Å². The first kappa shape index (κ1) is 10.7. The Balaban J connectivity index is 2.00. The predicted molar refractivity (Wildman–Crippen MR) is 63.5 cm³/mol. The highest BCUT2D eigenvalue weighted by Gasteiger charge is 2.27. The summed E-state index contributed by atoms with van der Waals surface area (Å²) in [6, 6.07) is 11.2. The topological polar surface area (TPSA) is 29.3 Å². The van der Waals surface area contributed by atoms with Gasteiger partial charge >= 0.3 is 0 Å². The molecule has 0 bridgehead atoms. The highest BCUT2D eigenvalue weighted by molar-refractivity contribution is 5.14. The average molecular weight is 204 g/mol. The summed E-state index contributed by atoms with van der Waals surface area (Å²) in [5, 5.41) is 0. The van der Waals surface area contributed by atoms with Crippen LogP contribution in [0.1, 0.15) is 18.9 Å². The number of nitrogens with zero attached hydrogens (tertiary/aromatic N) is 1. The van der Waals surface area contributed by atoms with Gasteiger partial charge in [0, 0.05) is 25.7 Å². The SMILES string of the molecule is C[C@H]1C[C@H](CN)N(Cc2ccccc2)C1. The van der Waals surface area contributed by atoms with Crippen molar-refractivity contribution in [1.29, 1.82) is 0 Å². The van der Waals surface area contributed by atoms with Crippen molar-refractivity contribution < 1.29 is 0 Å². The Hall–Kier alpha value is -0.860. The van der Waals surface area contributed by atoms with Gasteiger partial charge in [-0.15, -0.1) is 0 Å². The molecule has 82 valence electrons. The first-order valence-corrected chi connectivity index (χ1v) is 5.77. The van der Waals surface area contributed by atoms with E-state index in [-0.39, 0.29) is 0 Å². The molecule has 2 N–H and O–H groups in total. The quantitative estimate of drug-likeness (QED) is 0.814. The van der Waals surface area contributed by atoms with E-state index >= 15 is 0 Å². The fourth-order valence-corrected chi connectivity index (χ4v) is 2.49. The lowest BCUT2D eigenvalue weighted by atomic mass is 10.1. The maximum absolute atomic E-state index is 5.80. The van der Waals surface area contributed by atoms with E-state index in [4.69, 9.17) is 5.73 Å². The molecule has 2 heteroatoms. The van der Waals surface area contributed by atoms with Crippen molar-refractivity contribution in [3.05, 3.63) is 35.9 Å². The monoisotopic (exact) mass is 204 g/mol. The van der Waals surface area contributed by atoms with Gasteiger partial charge in [0.1, 0.15) is 0 Å². The largest absolute Gasteiger partial charge is 0.329 e. The maximum Gasteiger partial charge on any atom is 0.0237 e. The molecule has 1 aromatic carbocycles. The molecule has 1 aromatic rings. The van der Waals surface area contributed by atoms with Crippen LogP contribution in [-0.2, 0) is 6.54 Å². The fraction of sp³-hybridized carbons (Fsp3) is 0.538. The molecule has 2 nitrogen and oxygen atoms in total. The molecular weight excluding hydrogens is 184 g/mol. The van der Waals surface area contributed by atoms with Gasteiger partial charge in [-0.2, -0.15) is 0 Å². The van der Waals surface area contributed by atoms with Crippen LogP contribution in [0.15, 0.2) is 30.3 Å². The minimum absolute atomic E-state index is 0.584. The highest BCUT2D eigenvalue weighted by atomic mass is 15.2. The van der Waals surface area contributed by atoms with Gasteiger partial charge in [-0.05, 0) is 17.9 Å². The Morgan fingerprint density at radius 2 is 2.07 bits per heavy atom. The Morgan fingerprint density at radius 3 is 2.73 bits per heavy atom. The maximum atomic E-state index is 5.80. The van der Waals surface area contributed by atoms with Gasteiger partial charge in [0.15, 0.2) is 0 Å². The zero-order valence-electron chi connectivity index (χ0n) is 9.39. The van der Waals surface area contributed by atoms with Crippen LogP contribution < -0.4 is 5.73 Å². The Morgan fingerprint density at radius 1 is 1.33 bits per heavy atom. The second-order valence-corrected chi connectivity index (χ2v) is 4.65. The number of likely N-dealkylation sites (tertiary alicyclic amines) is 1. The lowest BCUT2D eigenvalue weighted by molar-refractivity contribution is 0.247. The van der Waals surface area contributed by atoms with Crippen LogP contribution in [-0.4, -0.2) is 24.0 Å². The lowest BCUT2D eigenvalue weighted by Crippen LogP contribution is -2.34. The summed E-state index contributed by atoms with van der Waals surface area (Å²) in [5.74, 6) is 0.794. The summed E-state index contributed by atoms with van der Waals surface area (Å²) in [4.78, 5) is 2.51. The van der Waals surface area contributed by atoms with Crippen LogP contribution in [0.3, 0.4) is 0 Å². The number of hydrogen-bond acceptors (Lipinski definition) is 2. The van der Waals surface area contributed by atoms with Gasteiger partial charge in [-0.25, -0.2) is 0 Å². The molecule has 1 aliphatic heterocycles. The second kappa shape index (κ2) is 4.77. The summed E-state index contributed by atoms with van der Waals surface area (Å²) in [6.07, 6.45) is 1.25. The van der Waals surface area contributed by atoms with Gasteiger partial charge in [-0.3, -0.25) is 4.90 Å². The van der Waals surface area contributed by atoms with Crippen molar-refractivity contribution in [3.63, 3.8) is 0 Å². The van der Waals surface area contributed by atoms with Crippen LogP contribution in [0.5, 0.6) is 0 Å². The first-order valence-electron chi connectivity index (χ1n) is 5.77. The van der Waals surface area contributed by atoms with Crippen molar-refractivity contribution in [1.82, 2.24) is 4.90 Å². The Kier molecular flexibility index (Phi) is 3.39. The molecule has 2 rings (SSSR count). The minimum Gasteiger partial charge on any atom is -0.329 e. The van der Waals surface area contributed by atoms with Gasteiger partial charge < -0.3 is 5.73 Å². The van der Waals surface area contributed by atoms with Gasteiger partial charge in [0.25, 0.3) is 0 Å². The molecule has 1 saturated heterocycles. The summed E-state index contributed by atoms with van der Waals surface area (Å²) >= 11 is 0. The molecule has 1 heterocycles. The molecule has 1 fully saturated rings. The van der Waals surface area contributed by atoms with E-state index in [1.165, 1.54) is 18.5 Å². The summed E-state index contributed by atoms with van der Waals surface area (Å²) in [6.45, 7) is 5.34. The zero-order chi connectivity index (χ0) is 10.7. The Bertz CT molecular complexity index is 297. The van der Waals surface area contributed by atoms with E-state index in [2.05, 4.69) is 42.2 Å². The molecule has 0 radical (unpaired) electrons. The molecule has 0 amide bonds. The number of benzene rings is 1. The van der Waals surface area contributed by atoms with Gasteiger partial charge in [0.05, 0.1) is 0 Å². The van der Waals surface area contributed by atoms with Crippen LogP contribution in [0.25, 0.3) is 0 Å². The van der Waals surface area contributed by atoms with Crippen LogP contribution in [0.2, 0.25) is 0 Å². The number of hydrogen-bond donors (Lipinski definition) is 1. The molecule has 0 aromatic heterocycles. The third-order valence-corrected chi connectivity index (χ3v) is 3.24.